The predicted molar refractivity (Wildman–Crippen MR) is 135 cm³/mol. The molecule has 1 fully saturated rings. The third-order valence-corrected chi connectivity index (χ3v) is 6.99. The molecule has 1 aromatic heterocycles. The van der Waals surface area contributed by atoms with E-state index in [0.717, 1.165) is 31.2 Å². The number of anilines is 1. The Hall–Kier alpha value is -3.52. The number of carbonyl (C=O) groups is 3. The first-order valence-electron chi connectivity index (χ1n) is 11.7. The molecule has 4 rings (SSSR count). The monoisotopic (exact) mass is 493 g/mol. The van der Waals surface area contributed by atoms with Crippen molar-refractivity contribution >= 4 is 34.7 Å². The minimum absolute atomic E-state index is 0.0548. The van der Waals surface area contributed by atoms with Crippen molar-refractivity contribution in [3.8, 4) is 0 Å². The lowest BCUT2D eigenvalue weighted by atomic mass is 10.0. The van der Waals surface area contributed by atoms with Gasteiger partial charge in [0.15, 0.2) is 0 Å². The lowest BCUT2D eigenvalue weighted by Gasteiger charge is -2.32. The van der Waals surface area contributed by atoms with Crippen molar-refractivity contribution in [2.24, 2.45) is 0 Å². The van der Waals surface area contributed by atoms with E-state index in [0.29, 0.717) is 16.1 Å². The maximum absolute atomic E-state index is 13.7. The topological polar surface area (TPSA) is 78.5 Å². The van der Waals surface area contributed by atoms with Crippen molar-refractivity contribution in [1.29, 1.82) is 0 Å². The van der Waals surface area contributed by atoms with Crippen molar-refractivity contribution in [3.05, 3.63) is 87.9 Å². The third kappa shape index (κ3) is 6.14. The van der Waals surface area contributed by atoms with E-state index >= 15 is 0 Å². The van der Waals surface area contributed by atoms with E-state index in [9.17, 15) is 18.8 Å². The van der Waals surface area contributed by atoms with E-state index in [4.69, 9.17) is 0 Å². The lowest BCUT2D eigenvalue weighted by Crippen LogP contribution is -2.49. The summed E-state index contributed by atoms with van der Waals surface area (Å²) in [5, 5.41) is 7.53. The number of thiophene rings is 1. The molecule has 1 aliphatic rings. The minimum atomic E-state index is -0.979. The fraction of sp³-hybridized carbons (Fsp3) is 0.296. The first-order chi connectivity index (χ1) is 16.9. The summed E-state index contributed by atoms with van der Waals surface area (Å²) < 4.78 is 13.7. The van der Waals surface area contributed by atoms with Gasteiger partial charge >= 0.3 is 0 Å². The molecular weight excluding hydrogens is 465 g/mol. The van der Waals surface area contributed by atoms with Gasteiger partial charge in [0, 0.05) is 11.7 Å². The molecule has 0 radical (unpaired) electrons. The summed E-state index contributed by atoms with van der Waals surface area (Å²) in [4.78, 5) is 41.5. The van der Waals surface area contributed by atoms with Crippen LogP contribution >= 0.6 is 11.3 Å². The highest BCUT2D eigenvalue weighted by Gasteiger charge is 2.34. The molecule has 0 aliphatic heterocycles. The zero-order valence-electron chi connectivity index (χ0n) is 19.5. The van der Waals surface area contributed by atoms with Crippen LogP contribution in [0.1, 0.15) is 52.5 Å². The third-order valence-electron chi connectivity index (χ3n) is 6.12. The van der Waals surface area contributed by atoms with Gasteiger partial charge in [0.1, 0.15) is 11.9 Å². The molecule has 3 amide bonds. The number of hydrogen-bond acceptors (Lipinski definition) is 4. The molecule has 6 nitrogen and oxygen atoms in total. The summed E-state index contributed by atoms with van der Waals surface area (Å²) in [5.41, 5.74) is 2.02. The molecule has 0 spiro atoms. The molecule has 8 heteroatoms. The largest absolute Gasteiger partial charge is 0.351 e. The van der Waals surface area contributed by atoms with Gasteiger partial charge in [-0.25, -0.2) is 4.39 Å². The number of benzene rings is 2. The fourth-order valence-electron chi connectivity index (χ4n) is 4.29. The highest BCUT2D eigenvalue weighted by molar-refractivity contribution is 7.12. The highest BCUT2D eigenvalue weighted by atomic mass is 32.1. The van der Waals surface area contributed by atoms with Crippen LogP contribution in [-0.4, -0.2) is 30.3 Å². The molecular formula is C27H28FN3O3S. The van der Waals surface area contributed by atoms with Gasteiger partial charge in [-0.3, -0.25) is 19.3 Å². The van der Waals surface area contributed by atoms with Gasteiger partial charge < -0.3 is 10.6 Å². The summed E-state index contributed by atoms with van der Waals surface area (Å²) >= 11 is 1.27. The summed E-state index contributed by atoms with van der Waals surface area (Å²) in [7, 11) is 0. The Morgan fingerprint density at radius 3 is 2.34 bits per heavy atom. The average Bonchev–Trinajstić information content (AvgIpc) is 3.57. The first-order valence-corrected chi connectivity index (χ1v) is 12.6. The standard InChI is InChI=1S/C27H28FN3O3S/c1-18-8-10-19(11-9-18)25(27(34)30-21-5-2-3-6-21)31(22-14-12-20(28)13-15-22)24(32)17-29-26(33)23-7-4-16-35-23/h4,7-16,21,25H,2-3,5-6,17H2,1H3,(H,29,33)(H,30,34)/t25-/m1/s1. The second-order valence-corrected chi connectivity index (χ2v) is 9.65. The number of nitrogens with one attached hydrogen (secondary N) is 2. The number of aryl methyl sites for hydroxylation is 1. The summed E-state index contributed by atoms with van der Waals surface area (Å²) in [6.45, 7) is 1.63. The van der Waals surface area contributed by atoms with Crippen molar-refractivity contribution in [1.82, 2.24) is 10.6 Å². The number of halogens is 1. The van der Waals surface area contributed by atoms with Gasteiger partial charge in [0.25, 0.3) is 5.91 Å². The molecule has 2 N–H and O–H groups in total. The van der Waals surface area contributed by atoms with Gasteiger partial charge in [-0.15, -0.1) is 11.3 Å². The van der Waals surface area contributed by atoms with Crippen LogP contribution in [0, 0.1) is 12.7 Å². The lowest BCUT2D eigenvalue weighted by molar-refractivity contribution is -0.126. The van der Waals surface area contributed by atoms with Crippen molar-refractivity contribution in [2.75, 3.05) is 11.4 Å². The predicted octanol–water partition coefficient (Wildman–Crippen LogP) is 4.76. The maximum atomic E-state index is 13.7. The van der Waals surface area contributed by atoms with E-state index < -0.39 is 17.8 Å². The highest BCUT2D eigenvalue weighted by Crippen LogP contribution is 2.30. The van der Waals surface area contributed by atoms with Gasteiger partial charge in [0.05, 0.1) is 11.4 Å². The molecule has 1 atom stereocenters. The fourth-order valence-corrected chi connectivity index (χ4v) is 4.93. The van der Waals surface area contributed by atoms with E-state index in [1.165, 1.54) is 40.5 Å². The molecule has 35 heavy (non-hydrogen) atoms. The molecule has 1 heterocycles. The van der Waals surface area contributed by atoms with Crippen molar-refractivity contribution < 1.29 is 18.8 Å². The van der Waals surface area contributed by atoms with Crippen molar-refractivity contribution in [3.63, 3.8) is 0 Å². The Kier molecular flexibility index (Phi) is 7.92. The molecule has 2 aromatic carbocycles. The Morgan fingerprint density at radius 2 is 1.71 bits per heavy atom. The zero-order chi connectivity index (χ0) is 24.8. The quantitative estimate of drug-likeness (QED) is 0.475. The van der Waals surface area contributed by atoms with E-state index in [1.54, 1.807) is 17.5 Å². The Bertz CT molecular complexity index is 1160. The van der Waals surface area contributed by atoms with Crippen LogP contribution in [-0.2, 0) is 9.59 Å². The number of amides is 3. The molecule has 1 saturated carbocycles. The number of rotatable bonds is 8. The normalized spacial score (nSPS) is 14.3. The van der Waals surface area contributed by atoms with E-state index in [1.807, 2.05) is 31.2 Å². The first kappa shape index (κ1) is 24.6. The zero-order valence-corrected chi connectivity index (χ0v) is 20.3. The SMILES string of the molecule is Cc1ccc([C@H](C(=O)NC2CCCC2)N(C(=O)CNC(=O)c2cccs2)c2ccc(F)cc2)cc1. The second kappa shape index (κ2) is 11.3. The Balaban J connectivity index is 1.67. The van der Waals surface area contributed by atoms with Gasteiger partial charge in [-0.05, 0) is 61.0 Å². The summed E-state index contributed by atoms with van der Waals surface area (Å²) in [6.07, 6.45) is 3.90. The smallest absolute Gasteiger partial charge is 0.261 e. The van der Waals surface area contributed by atoms with Gasteiger partial charge in [-0.2, -0.15) is 0 Å². The van der Waals surface area contributed by atoms with Crippen LogP contribution in [0.3, 0.4) is 0 Å². The van der Waals surface area contributed by atoms with E-state index in [-0.39, 0.29) is 24.4 Å². The molecule has 3 aromatic rings. The van der Waals surface area contributed by atoms with Crippen LogP contribution in [0.25, 0.3) is 0 Å². The molecule has 0 unspecified atom stereocenters. The number of carbonyl (C=O) groups excluding carboxylic acids is 3. The average molecular weight is 494 g/mol. The van der Waals surface area contributed by atoms with Crippen molar-refractivity contribution in [2.45, 2.75) is 44.7 Å². The number of nitrogens with zero attached hydrogens (tertiary/aromatic N) is 1. The summed E-state index contributed by atoms with van der Waals surface area (Å²) in [5.74, 6) is -1.60. The Labute approximate surface area is 208 Å². The van der Waals surface area contributed by atoms with E-state index in [2.05, 4.69) is 10.6 Å². The molecule has 1 aliphatic carbocycles. The molecule has 182 valence electrons. The van der Waals surface area contributed by atoms with Crippen LogP contribution in [0.5, 0.6) is 0 Å². The summed E-state index contributed by atoms with van der Waals surface area (Å²) in [6, 6.07) is 15.4. The van der Waals surface area contributed by atoms with Crippen LogP contribution in [0.15, 0.2) is 66.0 Å². The van der Waals surface area contributed by atoms with Crippen LogP contribution < -0.4 is 15.5 Å². The van der Waals surface area contributed by atoms with Gasteiger partial charge in [0.2, 0.25) is 11.8 Å². The maximum Gasteiger partial charge on any atom is 0.261 e. The molecule has 0 saturated heterocycles. The van der Waals surface area contributed by atoms with Crippen LogP contribution in [0.4, 0.5) is 10.1 Å². The second-order valence-electron chi connectivity index (χ2n) is 8.70. The van der Waals surface area contributed by atoms with Gasteiger partial charge in [-0.1, -0.05) is 48.7 Å². The Morgan fingerprint density at radius 1 is 1.03 bits per heavy atom. The minimum Gasteiger partial charge on any atom is -0.351 e. The number of hydrogen-bond donors (Lipinski definition) is 2. The molecule has 0 bridgehead atoms. The van der Waals surface area contributed by atoms with Crippen LogP contribution in [0.2, 0.25) is 0 Å².